The van der Waals surface area contributed by atoms with Gasteiger partial charge in [-0.1, -0.05) is 54.8 Å². The van der Waals surface area contributed by atoms with E-state index in [-0.39, 0.29) is 4.83 Å². The summed E-state index contributed by atoms with van der Waals surface area (Å²) in [6.07, 6.45) is 2.63. The van der Waals surface area contributed by atoms with Gasteiger partial charge in [-0.25, -0.2) is 8.78 Å². The fourth-order valence-electron chi connectivity index (χ4n) is 1.88. The number of hydrogen-bond donors (Lipinski definition) is 0. The molecule has 0 spiro atoms. The van der Waals surface area contributed by atoms with Gasteiger partial charge >= 0.3 is 0 Å². The molecule has 3 heteroatoms. The van der Waals surface area contributed by atoms with Crippen LogP contribution >= 0.6 is 15.9 Å². The van der Waals surface area contributed by atoms with Crippen LogP contribution in [0.4, 0.5) is 8.78 Å². The first kappa shape index (κ1) is 13.6. The number of alkyl halides is 1. The average molecular weight is 291 g/mol. The molecule has 1 rings (SSSR count). The first-order chi connectivity index (χ1) is 7.60. The lowest BCUT2D eigenvalue weighted by Crippen LogP contribution is -2.16. The molecule has 0 heterocycles. The van der Waals surface area contributed by atoms with Crippen molar-refractivity contribution in [3.8, 4) is 0 Å². The molecular formula is C13H17BrF2. The van der Waals surface area contributed by atoms with Crippen molar-refractivity contribution in [3.05, 3.63) is 35.4 Å². The van der Waals surface area contributed by atoms with E-state index in [2.05, 4.69) is 29.8 Å². The quantitative estimate of drug-likeness (QED) is 0.689. The molecule has 0 N–H and O–H groups in total. The van der Waals surface area contributed by atoms with Gasteiger partial charge < -0.3 is 0 Å². The Bertz CT molecular complexity index is 335. The van der Waals surface area contributed by atoms with Crippen molar-refractivity contribution in [2.75, 3.05) is 0 Å². The van der Waals surface area contributed by atoms with Crippen LogP contribution in [0.15, 0.2) is 18.2 Å². The van der Waals surface area contributed by atoms with Crippen LogP contribution in [-0.2, 0) is 6.42 Å². The van der Waals surface area contributed by atoms with Crippen molar-refractivity contribution in [2.24, 2.45) is 5.92 Å². The molecule has 0 aliphatic rings. The van der Waals surface area contributed by atoms with Gasteiger partial charge in [0.2, 0.25) is 0 Å². The zero-order valence-corrected chi connectivity index (χ0v) is 11.2. The highest BCUT2D eigenvalue weighted by molar-refractivity contribution is 9.09. The highest BCUT2D eigenvalue weighted by Crippen LogP contribution is 2.25. The van der Waals surface area contributed by atoms with E-state index in [1.165, 1.54) is 0 Å². The van der Waals surface area contributed by atoms with Crippen LogP contribution < -0.4 is 0 Å². The van der Waals surface area contributed by atoms with E-state index in [0.29, 0.717) is 17.9 Å². The Morgan fingerprint density at radius 1 is 1.19 bits per heavy atom. The fraction of sp³-hybridized carbons (Fsp3) is 0.538. The van der Waals surface area contributed by atoms with Crippen LogP contribution in [0, 0.1) is 17.6 Å². The minimum absolute atomic E-state index is 0.207. The van der Waals surface area contributed by atoms with Gasteiger partial charge in [0.15, 0.2) is 11.6 Å². The SMILES string of the molecule is CCC(CC)C(Br)Cc1cccc(F)c1F. The molecule has 0 radical (unpaired) electrons. The van der Waals surface area contributed by atoms with E-state index in [1.54, 1.807) is 12.1 Å². The molecule has 1 atom stereocenters. The number of hydrogen-bond acceptors (Lipinski definition) is 0. The van der Waals surface area contributed by atoms with Gasteiger partial charge in [-0.3, -0.25) is 0 Å². The summed E-state index contributed by atoms with van der Waals surface area (Å²) in [4.78, 5) is 0.207. The third-order valence-corrected chi connectivity index (χ3v) is 4.08. The van der Waals surface area contributed by atoms with Crippen LogP contribution in [0.3, 0.4) is 0 Å². The molecule has 1 unspecified atom stereocenters. The predicted molar refractivity (Wildman–Crippen MR) is 66.8 cm³/mol. The van der Waals surface area contributed by atoms with Crippen molar-refractivity contribution in [1.29, 1.82) is 0 Å². The van der Waals surface area contributed by atoms with E-state index in [1.807, 2.05) is 0 Å². The molecule has 16 heavy (non-hydrogen) atoms. The largest absolute Gasteiger partial charge is 0.204 e. The van der Waals surface area contributed by atoms with Crippen molar-refractivity contribution in [1.82, 2.24) is 0 Å². The summed E-state index contributed by atoms with van der Waals surface area (Å²) in [6.45, 7) is 4.23. The normalized spacial score (nSPS) is 13.1. The summed E-state index contributed by atoms with van der Waals surface area (Å²) in [5.74, 6) is -0.970. The van der Waals surface area contributed by atoms with Gasteiger partial charge in [0.05, 0.1) is 0 Å². The average Bonchev–Trinajstić information content (AvgIpc) is 2.26. The second kappa shape index (κ2) is 6.33. The fourth-order valence-corrected chi connectivity index (χ4v) is 2.98. The molecule has 0 saturated heterocycles. The number of rotatable bonds is 5. The maximum Gasteiger partial charge on any atom is 0.162 e. The summed E-state index contributed by atoms with van der Waals surface area (Å²) in [6, 6.07) is 4.36. The number of benzene rings is 1. The van der Waals surface area contributed by atoms with Crippen LogP contribution in [0.25, 0.3) is 0 Å². The topological polar surface area (TPSA) is 0 Å². The van der Waals surface area contributed by atoms with E-state index in [9.17, 15) is 8.78 Å². The minimum atomic E-state index is -0.762. The number of halogens is 3. The van der Waals surface area contributed by atoms with Crippen molar-refractivity contribution in [3.63, 3.8) is 0 Å². The van der Waals surface area contributed by atoms with E-state index in [0.717, 1.165) is 18.9 Å². The van der Waals surface area contributed by atoms with Gasteiger partial charge in [-0.05, 0) is 24.0 Å². The lowest BCUT2D eigenvalue weighted by molar-refractivity contribution is 0.459. The van der Waals surface area contributed by atoms with Gasteiger partial charge in [0.1, 0.15) is 0 Å². The Morgan fingerprint density at radius 3 is 2.38 bits per heavy atom. The summed E-state index contributed by atoms with van der Waals surface area (Å²) in [7, 11) is 0. The molecule has 0 aromatic heterocycles. The lowest BCUT2D eigenvalue weighted by atomic mass is 9.94. The molecule has 0 amide bonds. The summed E-state index contributed by atoms with van der Waals surface area (Å²) < 4.78 is 26.4. The predicted octanol–water partition coefficient (Wildman–Crippen LogP) is 4.71. The monoisotopic (exact) mass is 290 g/mol. The van der Waals surface area contributed by atoms with E-state index < -0.39 is 11.6 Å². The molecule has 0 bridgehead atoms. The third kappa shape index (κ3) is 3.27. The molecule has 90 valence electrons. The molecule has 0 fully saturated rings. The van der Waals surface area contributed by atoms with Crippen LogP contribution in [0.2, 0.25) is 0 Å². The van der Waals surface area contributed by atoms with Crippen molar-refractivity contribution >= 4 is 15.9 Å². The zero-order valence-electron chi connectivity index (χ0n) is 9.64. The van der Waals surface area contributed by atoms with Crippen LogP contribution in [0.5, 0.6) is 0 Å². The van der Waals surface area contributed by atoms with E-state index >= 15 is 0 Å². The standard InChI is InChI=1S/C13H17BrF2/c1-3-9(4-2)11(14)8-10-6-5-7-12(15)13(10)16/h5-7,9,11H,3-4,8H2,1-2H3. The smallest absolute Gasteiger partial charge is 0.162 e. The molecule has 1 aromatic rings. The molecule has 0 nitrogen and oxygen atoms in total. The van der Waals surface area contributed by atoms with Gasteiger partial charge in [-0.2, -0.15) is 0 Å². The highest BCUT2D eigenvalue weighted by Gasteiger charge is 2.18. The molecule has 1 aromatic carbocycles. The first-order valence-electron chi connectivity index (χ1n) is 5.67. The van der Waals surface area contributed by atoms with Crippen molar-refractivity contribution < 1.29 is 8.78 Å². The molecule has 0 aliphatic heterocycles. The summed E-state index contributed by atoms with van der Waals surface area (Å²) in [5.41, 5.74) is 0.453. The van der Waals surface area contributed by atoms with Gasteiger partial charge in [0.25, 0.3) is 0 Å². The van der Waals surface area contributed by atoms with Crippen LogP contribution in [-0.4, -0.2) is 4.83 Å². The lowest BCUT2D eigenvalue weighted by Gasteiger charge is -2.19. The minimum Gasteiger partial charge on any atom is -0.204 e. The maximum atomic E-state index is 13.4. The van der Waals surface area contributed by atoms with Crippen molar-refractivity contribution in [2.45, 2.75) is 37.9 Å². The highest BCUT2D eigenvalue weighted by atomic mass is 79.9. The second-order valence-electron chi connectivity index (χ2n) is 4.01. The molecule has 0 aliphatic carbocycles. The third-order valence-electron chi connectivity index (χ3n) is 3.01. The first-order valence-corrected chi connectivity index (χ1v) is 6.58. The Kier molecular flexibility index (Phi) is 5.39. The van der Waals surface area contributed by atoms with Gasteiger partial charge in [-0.15, -0.1) is 0 Å². The van der Waals surface area contributed by atoms with E-state index in [4.69, 9.17) is 0 Å². The zero-order chi connectivity index (χ0) is 12.1. The Labute approximate surface area is 104 Å². The Hall–Kier alpha value is -0.440. The van der Waals surface area contributed by atoms with Crippen LogP contribution in [0.1, 0.15) is 32.3 Å². The molecular weight excluding hydrogens is 274 g/mol. The summed E-state index contributed by atoms with van der Waals surface area (Å²) in [5, 5.41) is 0. The molecule has 0 saturated carbocycles. The maximum absolute atomic E-state index is 13.4. The summed E-state index contributed by atoms with van der Waals surface area (Å²) >= 11 is 3.57. The second-order valence-corrected chi connectivity index (χ2v) is 5.19. The van der Waals surface area contributed by atoms with Gasteiger partial charge in [0, 0.05) is 4.83 Å². The Morgan fingerprint density at radius 2 is 1.81 bits per heavy atom. The Balaban J connectivity index is 2.76.